The number of aromatic nitrogens is 1. The number of aryl methyl sites for hydroxylation is 2. The number of pyridine rings is 1. The van der Waals surface area contributed by atoms with E-state index in [4.69, 9.17) is 0 Å². The van der Waals surface area contributed by atoms with Gasteiger partial charge in [-0.25, -0.2) is 0 Å². The molecule has 0 spiro atoms. The first-order chi connectivity index (χ1) is 12.5. The highest BCUT2D eigenvalue weighted by Crippen LogP contribution is 2.24. The van der Waals surface area contributed by atoms with Gasteiger partial charge in [0, 0.05) is 38.6 Å². The molecule has 138 valence electrons. The molecule has 3 rings (SSSR count). The molecule has 1 atom stereocenters. The number of carbonyl (C=O) groups is 1. The summed E-state index contributed by atoms with van der Waals surface area (Å²) in [5, 5.41) is 14.2. The number of likely N-dealkylation sites (tertiary alicyclic amines) is 1. The largest absolute Gasteiger partial charge is 0.379 e. The number of carbonyl (C=O) groups excluding carboxylic acids is 1. The average Bonchev–Trinajstić information content (AvgIpc) is 2.61. The zero-order chi connectivity index (χ0) is 18.6. The molecule has 26 heavy (non-hydrogen) atoms. The summed E-state index contributed by atoms with van der Waals surface area (Å²) in [5.74, 6) is -0.177. The van der Waals surface area contributed by atoms with Crippen LogP contribution >= 0.6 is 0 Å². The van der Waals surface area contributed by atoms with E-state index >= 15 is 0 Å². The predicted octanol–water partition coefficient (Wildman–Crippen LogP) is 2.34. The van der Waals surface area contributed by atoms with Crippen LogP contribution in [-0.4, -0.2) is 39.6 Å². The molecule has 0 bridgehead atoms. The maximum absolute atomic E-state index is 12.9. The molecule has 0 saturated carbocycles. The fraction of sp³-hybridized carbons (Fsp3) is 0.429. The van der Waals surface area contributed by atoms with Crippen molar-refractivity contribution in [3.05, 3.63) is 65.0 Å². The van der Waals surface area contributed by atoms with Gasteiger partial charge in [0.25, 0.3) is 5.91 Å². The maximum Gasteiger partial charge on any atom is 0.256 e. The molecule has 2 N–H and O–H groups in total. The van der Waals surface area contributed by atoms with Crippen molar-refractivity contribution in [2.24, 2.45) is 0 Å². The second-order valence-corrected chi connectivity index (χ2v) is 7.26. The number of amides is 1. The summed E-state index contributed by atoms with van der Waals surface area (Å²) in [6, 6.07) is 10.1. The van der Waals surface area contributed by atoms with E-state index < -0.39 is 5.60 Å². The molecule has 1 aliphatic heterocycles. The highest BCUT2D eigenvalue weighted by molar-refractivity contribution is 5.86. The van der Waals surface area contributed by atoms with Crippen molar-refractivity contribution >= 4 is 5.91 Å². The van der Waals surface area contributed by atoms with Crippen molar-refractivity contribution in [3.8, 4) is 0 Å². The highest BCUT2D eigenvalue weighted by atomic mass is 16.3. The lowest BCUT2D eigenvalue weighted by Gasteiger charge is -2.38. The topological polar surface area (TPSA) is 65.5 Å². The Labute approximate surface area is 155 Å². The van der Waals surface area contributed by atoms with Crippen LogP contribution in [0.4, 0.5) is 0 Å². The Kier molecular flexibility index (Phi) is 5.69. The monoisotopic (exact) mass is 353 g/mol. The van der Waals surface area contributed by atoms with E-state index in [9.17, 15) is 9.90 Å². The first-order valence-electron chi connectivity index (χ1n) is 9.15. The van der Waals surface area contributed by atoms with Gasteiger partial charge in [0.05, 0.1) is 0 Å². The maximum atomic E-state index is 12.9. The van der Waals surface area contributed by atoms with E-state index in [1.165, 1.54) is 5.56 Å². The average molecular weight is 353 g/mol. The minimum Gasteiger partial charge on any atom is -0.379 e. The molecular formula is C21H27N3O2. The summed E-state index contributed by atoms with van der Waals surface area (Å²) >= 11 is 0. The van der Waals surface area contributed by atoms with Crippen LogP contribution in [0, 0.1) is 13.8 Å². The number of rotatable bonds is 6. The van der Waals surface area contributed by atoms with Gasteiger partial charge in [-0.3, -0.25) is 9.78 Å². The number of piperidine rings is 1. The van der Waals surface area contributed by atoms with Crippen molar-refractivity contribution in [1.82, 2.24) is 15.2 Å². The first-order valence-corrected chi connectivity index (χ1v) is 9.15. The van der Waals surface area contributed by atoms with Crippen LogP contribution in [0.25, 0.3) is 0 Å². The van der Waals surface area contributed by atoms with Crippen LogP contribution in [0.1, 0.15) is 35.1 Å². The molecule has 0 aliphatic carbocycles. The fourth-order valence-electron chi connectivity index (χ4n) is 3.52. The van der Waals surface area contributed by atoms with Crippen molar-refractivity contribution in [3.63, 3.8) is 0 Å². The van der Waals surface area contributed by atoms with Gasteiger partial charge >= 0.3 is 0 Å². The van der Waals surface area contributed by atoms with Gasteiger partial charge < -0.3 is 15.3 Å². The molecular weight excluding hydrogens is 326 g/mol. The molecule has 2 aromatic rings. The number of nitrogens with one attached hydrogen (secondary N) is 1. The molecule has 1 saturated heterocycles. The molecule has 2 heterocycles. The summed E-state index contributed by atoms with van der Waals surface area (Å²) in [4.78, 5) is 18.7. The number of benzene rings is 1. The lowest BCUT2D eigenvalue weighted by atomic mass is 9.91. The minimum atomic E-state index is -1.33. The molecule has 1 aliphatic rings. The third kappa shape index (κ3) is 4.29. The van der Waals surface area contributed by atoms with Gasteiger partial charge in [-0.1, -0.05) is 29.8 Å². The van der Waals surface area contributed by atoms with Crippen molar-refractivity contribution in [1.29, 1.82) is 0 Å². The number of hydrogen-bond donors (Lipinski definition) is 2. The normalized spacial score (nSPS) is 20.4. The van der Waals surface area contributed by atoms with Gasteiger partial charge in [0.15, 0.2) is 5.60 Å². The Hall–Kier alpha value is -2.24. The predicted molar refractivity (Wildman–Crippen MR) is 101 cm³/mol. The van der Waals surface area contributed by atoms with E-state index in [0.29, 0.717) is 26.1 Å². The second kappa shape index (κ2) is 7.98. The molecule has 1 aromatic heterocycles. The van der Waals surface area contributed by atoms with Gasteiger partial charge in [-0.2, -0.15) is 0 Å². The SMILES string of the molecule is Cc1cccc(CN2CCCC(O)(CNCc3ccncc3C)C2=O)c1. The third-order valence-corrected chi connectivity index (χ3v) is 5.03. The van der Waals surface area contributed by atoms with Crippen LogP contribution in [0.2, 0.25) is 0 Å². The van der Waals surface area contributed by atoms with Crippen LogP contribution in [0.15, 0.2) is 42.7 Å². The lowest BCUT2D eigenvalue weighted by molar-refractivity contribution is -0.157. The van der Waals surface area contributed by atoms with E-state index in [1.807, 2.05) is 44.3 Å². The van der Waals surface area contributed by atoms with Crippen molar-refractivity contribution in [2.75, 3.05) is 13.1 Å². The number of nitrogens with zero attached hydrogens (tertiary/aromatic N) is 2. The Morgan fingerprint density at radius 3 is 2.92 bits per heavy atom. The van der Waals surface area contributed by atoms with E-state index in [2.05, 4.69) is 16.4 Å². The molecule has 1 unspecified atom stereocenters. The first kappa shape index (κ1) is 18.5. The number of hydrogen-bond acceptors (Lipinski definition) is 4. The minimum absolute atomic E-state index is 0.177. The van der Waals surface area contributed by atoms with Crippen LogP contribution in [-0.2, 0) is 17.9 Å². The Balaban J connectivity index is 1.61. The number of aliphatic hydroxyl groups is 1. The third-order valence-electron chi connectivity index (χ3n) is 5.03. The van der Waals surface area contributed by atoms with Gasteiger partial charge in [-0.15, -0.1) is 0 Å². The molecule has 5 heteroatoms. The van der Waals surface area contributed by atoms with Gasteiger partial charge in [0.1, 0.15) is 0 Å². The second-order valence-electron chi connectivity index (χ2n) is 7.26. The highest BCUT2D eigenvalue weighted by Gasteiger charge is 2.41. The van der Waals surface area contributed by atoms with Crippen LogP contribution in [0.5, 0.6) is 0 Å². The van der Waals surface area contributed by atoms with E-state index in [1.54, 1.807) is 11.1 Å². The fourth-order valence-corrected chi connectivity index (χ4v) is 3.52. The Morgan fingerprint density at radius 1 is 1.31 bits per heavy atom. The molecule has 0 radical (unpaired) electrons. The Morgan fingerprint density at radius 2 is 2.15 bits per heavy atom. The molecule has 1 fully saturated rings. The van der Waals surface area contributed by atoms with Crippen LogP contribution in [0.3, 0.4) is 0 Å². The molecule has 5 nitrogen and oxygen atoms in total. The summed E-state index contributed by atoms with van der Waals surface area (Å²) in [7, 11) is 0. The molecule has 1 aromatic carbocycles. The van der Waals surface area contributed by atoms with E-state index in [0.717, 1.165) is 23.1 Å². The zero-order valence-electron chi connectivity index (χ0n) is 15.5. The standard InChI is InChI=1S/C21H27N3O2/c1-16-5-3-6-18(11-16)14-24-10-4-8-21(26,20(24)25)15-23-13-19-7-9-22-12-17(19)2/h3,5-7,9,11-12,23,26H,4,8,10,13-15H2,1-2H3. The molecule has 1 amide bonds. The van der Waals surface area contributed by atoms with E-state index in [-0.39, 0.29) is 12.5 Å². The quantitative estimate of drug-likeness (QED) is 0.837. The summed E-state index contributed by atoms with van der Waals surface area (Å²) < 4.78 is 0. The summed E-state index contributed by atoms with van der Waals surface area (Å²) in [5.41, 5.74) is 3.18. The smallest absolute Gasteiger partial charge is 0.256 e. The van der Waals surface area contributed by atoms with Crippen molar-refractivity contribution < 1.29 is 9.90 Å². The lowest BCUT2D eigenvalue weighted by Crippen LogP contribution is -2.57. The summed E-state index contributed by atoms with van der Waals surface area (Å²) in [6.45, 7) is 6.17. The van der Waals surface area contributed by atoms with Gasteiger partial charge in [-0.05, 0) is 49.4 Å². The van der Waals surface area contributed by atoms with Gasteiger partial charge in [0.2, 0.25) is 0 Å². The zero-order valence-corrected chi connectivity index (χ0v) is 15.5. The summed E-state index contributed by atoms with van der Waals surface area (Å²) in [6.07, 6.45) is 4.89. The van der Waals surface area contributed by atoms with Crippen molar-refractivity contribution in [2.45, 2.75) is 45.4 Å². The van der Waals surface area contributed by atoms with Crippen LogP contribution < -0.4 is 5.32 Å². The Bertz CT molecular complexity index is 777.